The van der Waals surface area contributed by atoms with Gasteiger partial charge in [-0.25, -0.2) is 4.98 Å². The summed E-state index contributed by atoms with van der Waals surface area (Å²) in [5, 5.41) is 101. The number of carboxylic acid groups (broad SMARTS) is 3. The predicted octanol–water partition coefficient (Wildman–Crippen LogP) is -8.49. The number of hydrogen-bond acceptors (Lipinski definition) is 29. The van der Waals surface area contributed by atoms with Gasteiger partial charge in [0.25, 0.3) is 0 Å². The zero-order valence-corrected chi connectivity index (χ0v) is 83.8. The lowest BCUT2D eigenvalue weighted by molar-refractivity contribution is -0.143. The first-order valence-electron chi connectivity index (χ1n) is 47.5. The lowest BCUT2D eigenvalue weighted by atomic mass is 9.99. The van der Waals surface area contributed by atoms with Gasteiger partial charge in [0.2, 0.25) is 118 Å². The Hall–Kier alpha value is -14.4. The minimum Gasteiger partial charge on any atom is -0.508 e. The van der Waals surface area contributed by atoms with E-state index >= 15 is 0 Å². The van der Waals surface area contributed by atoms with E-state index in [0.29, 0.717) is 18.6 Å². The van der Waals surface area contributed by atoms with Crippen molar-refractivity contribution in [1.29, 1.82) is 5.41 Å². The summed E-state index contributed by atoms with van der Waals surface area (Å²) in [5.74, 6) is -25.2. The van der Waals surface area contributed by atoms with Gasteiger partial charge in [0.05, 0.1) is 38.6 Å². The Bertz CT molecular complexity index is 4840. The molecule has 145 heavy (non-hydrogen) atoms. The van der Waals surface area contributed by atoms with Crippen LogP contribution >= 0.6 is 11.8 Å². The Kier molecular flexibility index (Phi) is 52.7. The highest BCUT2D eigenvalue weighted by Crippen LogP contribution is 2.24. The van der Waals surface area contributed by atoms with Crippen molar-refractivity contribution in [1.82, 2.24) is 115 Å². The molecule has 20 amide bonds. The number of carbonyl (C=O) groups excluding carboxylic acids is 20. The number of aliphatic hydroxyl groups excluding tert-OH is 1. The number of aromatic amines is 1. The van der Waals surface area contributed by atoms with Gasteiger partial charge in [-0.15, -0.1) is 0 Å². The SMILES string of the molecule is CSCC[C@H](N)C(=O)N[C@@H](C)C(=O)NCC(=O)N[C@@H](CC(C)C)C(=O)N1CCC[C@H]1C(=O)N[C@@H](C)C(=O)N[C@H](C(=O)N[C@H](C(=O)NCC(=O)N[C@@H](CC(C)C)C(=O)N[C@@H](CO)C(=O)N1CCC[C@H]1C(=O)NCC(=O)N[C@@H](CCC(=O)O)C(=O)N[C@@H](CCC(N)=O)C(=O)N[C@@H](CCC(=O)O)C(=O)N[C@@H](Cc1ccc(O)cc1)C(=O)N[C@@H](Cc1cnc[nH]1)C(=O)N[C@@H](CCCNC(=N)N)C(=O)NCC(=O)O)C(C)C)C(C)C. The van der Waals surface area contributed by atoms with Crippen molar-refractivity contribution in [3.63, 3.8) is 0 Å². The zero-order valence-electron chi connectivity index (χ0n) is 83.0. The Balaban J connectivity index is 1.43. The Morgan fingerprint density at radius 3 is 1.36 bits per heavy atom. The second-order valence-electron chi connectivity index (χ2n) is 36.6. The number of amides is 20. The maximum atomic E-state index is 14.7. The quantitative estimate of drug-likeness (QED) is 0.0166. The third-order valence-corrected chi connectivity index (χ3v) is 23.6. The maximum absolute atomic E-state index is 14.7. The Labute approximate surface area is 840 Å². The minimum atomic E-state index is -1.96. The van der Waals surface area contributed by atoms with E-state index in [-0.39, 0.29) is 99.8 Å². The number of benzene rings is 1. The van der Waals surface area contributed by atoms with E-state index in [2.05, 4.69) is 106 Å². The van der Waals surface area contributed by atoms with Crippen LogP contribution < -0.4 is 113 Å². The van der Waals surface area contributed by atoms with Crippen molar-refractivity contribution in [3.8, 4) is 5.75 Å². The summed E-state index contributed by atoms with van der Waals surface area (Å²) in [6, 6.07) is -18.2. The van der Waals surface area contributed by atoms with Crippen molar-refractivity contribution < 1.29 is 136 Å². The molecule has 806 valence electrons. The summed E-state index contributed by atoms with van der Waals surface area (Å²) in [5.41, 5.74) is 17.2. The van der Waals surface area contributed by atoms with Gasteiger partial charge in [0, 0.05) is 63.6 Å². The molecule has 54 nitrogen and oxygen atoms in total. The number of aliphatic hydroxyl groups is 1. The molecule has 2 aromatic rings. The van der Waals surface area contributed by atoms with Crippen LogP contribution in [0.25, 0.3) is 0 Å². The average molecular weight is 2070 g/mol. The predicted molar refractivity (Wildman–Crippen MR) is 518 cm³/mol. The van der Waals surface area contributed by atoms with Crippen LogP contribution in [0.5, 0.6) is 5.75 Å². The van der Waals surface area contributed by atoms with Crippen molar-refractivity contribution in [2.45, 2.75) is 275 Å². The van der Waals surface area contributed by atoms with Gasteiger partial charge in [-0.2, -0.15) is 11.8 Å². The molecule has 0 saturated carbocycles. The number of carboxylic acids is 3. The third-order valence-electron chi connectivity index (χ3n) is 23.0. The van der Waals surface area contributed by atoms with E-state index in [1.807, 2.05) is 20.1 Å². The first-order valence-corrected chi connectivity index (χ1v) is 48.9. The van der Waals surface area contributed by atoms with Crippen LogP contribution in [0.15, 0.2) is 36.8 Å². The maximum Gasteiger partial charge on any atom is 0.322 e. The molecule has 1 aromatic carbocycles. The number of nitrogens with zero attached hydrogens (tertiary/aromatic N) is 3. The van der Waals surface area contributed by atoms with Crippen molar-refractivity contribution in [2.75, 3.05) is 64.4 Å². The van der Waals surface area contributed by atoms with Gasteiger partial charge >= 0.3 is 17.9 Å². The fraction of sp³-hybridized carbons (Fsp3) is 0.633. The Morgan fingerprint density at radius 1 is 0.441 bits per heavy atom. The molecule has 0 aliphatic carbocycles. The van der Waals surface area contributed by atoms with Gasteiger partial charge in [-0.1, -0.05) is 67.5 Å². The summed E-state index contributed by atoms with van der Waals surface area (Å²) in [7, 11) is 0. The van der Waals surface area contributed by atoms with Gasteiger partial charge in [0.15, 0.2) is 5.96 Å². The first-order chi connectivity index (χ1) is 68.2. The van der Waals surface area contributed by atoms with Gasteiger partial charge in [-0.3, -0.25) is 116 Å². The van der Waals surface area contributed by atoms with E-state index in [9.17, 15) is 136 Å². The molecule has 2 saturated heterocycles. The molecule has 2 aliphatic rings. The number of guanidine groups is 1. The normalized spacial score (nSPS) is 16.1. The number of thioether (sulfide) groups is 1. The lowest BCUT2D eigenvalue weighted by Gasteiger charge is -2.30. The second-order valence-corrected chi connectivity index (χ2v) is 37.6. The number of phenolic OH excluding ortho intramolecular Hbond substituents is 1. The number of nitrogens with two attached hydrogens (primary N) is 3. The number of aromatic hydroxyl groups is 1. The number of H-pyrrole nitrogens is 1. The average Bonchev–Trinajstić information content (AvgIpc) is 1.70. The fourth-order valence-electron chi connectivity index (χ4n) is 15.2. The topological polar surface area (TPSA) is 847 Å². The largest absolute Gasteiger partial charge is 0.508 e. The van der Waals surface area contributed by atoms with Gasteiger partial charge in [-0.05, 0) is 144 Å². The molecule has 0 spiro atoms. The van der Waals surface area contributed by atoms with Crippen molar-refractivity contribution in [3.05, 3.63) is 48.0 Å². The van der Waals surface area contributed by atoms with Crippen LogP contribution in [0.1, 0.15) is 177 Å². The number of carbonyl (C=O) groups is 23. The molecule has 0 bridgehead atoms. The second kappa shape index (κ2) is 62.2. The van der Waals surface area contributed by atoms with E-state index in [1.54, 1.807) is 41.5 Å². The summed E-state index contributed by atoms with van der Waals surface area (Å²) < 4.78 is 0. The summed E-state index contributed by atoms with van der Waals surface area (Å²) in [6.45, 7) is 11.9. The molecule has 16 atom stereocenters. The van der Waals surface area contributed by atoms with Crippen LogP contribution in [0, 0.1) is 29.1 Å². The van der Waals surface area contributed by atoms with Crippen LogP contribution in [0.4, 0.5) is 0 Å². The summed E-state index contributed by atoms with van der Waals surface area (Å²) in [6.07, 6.45) is 0.0261. The van der Waals surface area contributed by atoms with Gasteiger partial charge < -0.3 is 153 Å². The zero-order chi connectivity index (χ0) is 109. The molecule has 55 heteroatoms. The number of imidazole rings is 1. The summed E-state index contributed by atoms with van der Waals surface area (Å²) in [4.78, 5) is 321. The smallest absolute Gasteiger partial charge is 0.322 e. The monoisotopic (exact) mass is 2070 g/mol. The molecular formula is C90H142N26O28S. The van der Waals surface area contributed by atoms with Gasteiger partial charge in [0.1, 0.15) is 103 Å². The number of primary amides is 1. The highest BCUT2D eigenvalue weighted by Gasteiger charge is 2.44. The van der Waals surface area contributed by atoms with Crippen molar-refractivity contribution >= 4 is 154 Å². The van der Waals surface area contributed by atoms with E-state index in [4.69, 9.17) is 22.6 Å². The highest BCUT2D eigenvalue weighted by atomic mass is 32.2. The molecule has 2 fully saturated rings. The highest BCUT2D eigenvalue weighted by molar-refractivity contribution is 7.98. The minimum absolute atomic E-state index is 0.0249. The first kappa shape index (κ1) is 123. The molecule has 3 heterocycles. The van der Waals surface area contributed by atoms with Crippen LogP contribution in [-0.2, 0) is 123 Å². The van der Waals surface area contributed by atoms with E-state index in [1.165, 1.54) is 67.3 Å². The summed E-state index contributed by atoms with van der Waals surface area (Å²) >= 11 is 1.50. The van der Waals surface area contributed by atoms with Crippen LogP contribution in [0.2, 0.25) is 0 Å². The number of nitrogens with one attached hydrogen (secondary N) is 20. The van der Waals surface area contributed by atoms with E-state index < -0.39 is 328 Å². The molecule has 4 rings (SSSR count). The molecule has 0 unspecified atom stereocenters. The Morgan fingerprint density at radius 2 is 0.869 bits per heavy atom. The number of aliphatic carboxylic acids is 3. The number of phenols is 1. The van der Waals surface area contributed by atoms with Crippen LogP contribution in [-0.4, -0.2) is 348 Å². The van der Waals surface area contributed by atoms with Crippen molar-refractivity contribution in [2.24, 2.45) is 40.9 Å². The van der Waals surface area contributed by atoms with E-state index in [0.717, 1.165) is 4.90 Å². The lowest BCUT2D eigenvalue weighted by Crippen LogP contribution is -2.60. The molecule has 31 N–H and O–H groups in total. The van der Waals surface area contributed by atoms with Crippen LogP contribution in [0.3, 0.4) is 0 Å². The third kappa shape index (κ3) is 44.1. The standard InChI is InChI=1S/C90H142N26O28S/c1-44(2)33-58(105-67(121)40-99-86(141)72(46(5)6)114-87(142)73(47(7)8)113-75(130)49(10)103-85(140)64-17-14-31-116(64)88(143)61(34-45(3)4)106-68(122)38-97-74(129)48(9)102-76(131)53(91)28-32-145-11)81(136)112-62(42-117)89(144)115-30-13-16-63(115)84(139)98-39-66(120)104-55(23-26-69(123)124)78(133)108-56(22-25-65(92)119)79(134)109-57(24-27-70(125)126)80(135)110-59(35-50-18-20-52(118)21-19-50)82(137)111-60(36-51-37-95-43-101-51)83(138)107-54(15-12-29-96-90(93)94)77(132)100-41-71(127)128/h18-21,37,43-49,53-64,72-73,117-118H,12-17,22-36,38-42,91H2,1-11H3,(H2,92,119)(H,95,101)(H,97,129)(H,98,139)(H,99,141)(H,100,132)(H,102,131)(H,103,140)(H,104,120)(H,105,121)(H,106,122)(H,107,138)(H,108,133)(H,109,134)(H,110,135)(H,111,137)(H,112,136)(H,113,130)(H,114,142)(H,123,124)(H,125,126)(H,127,128)(H4,93,94,96)/t48-,49-,53-,54-,55-,56-,57-,58-,59-,60-,61-,62-,63-,64-,72-,73-/m0/s1. The fourth-order valence-corrected chi connectivity index (χ4v) is 15.7. The molecule has 2 aliphatic heterocycles. The number of hydrogen-bond donors (Lipinski definition) is 28. The molecular weight excluding hydrogens is 1930 g/mol. The number of likely N-dealkylation sites (tertiary alicyclic amines) is 2. The number of aromatic nitrogens is 2. The number of rotatable bonds is 64. The molecule has 0 radical (unpaired) electrons. The molecule has 1 aromatic heterocycles.